The van der Waals surface area contributed by atoms with Gasteiger partial charge in [-0.15, -0.1) is 0 Å². The molecule has 0 bridgehead atoms. The van der Waals surface area contributed by atoms with E-state index < -0.39 is 29.2 Å². The second-order valence-electron chi connectivity index (χ2n) is 11.7. The first-order valence-electron chi connectivity index (χ1n) is 14.2. The molecule has 2 atom stereocenters. The van der Waals surface area contributed by atoms with Gasteiger partial charge in [0.25, 0.3) is 0 Å². The van der Waals surface area contributed by atoms with Gasteiger partial charge in [0.1, 0.15) is 46.6 Å². The van der Waals surface area contributed by atoms with E-state index in [0.717, 1.165) is 17.7 Å². The summed E-state index contributed by atoms with van der Waals surface area (Å²) in [5.41, 5.74) is 0.655. The predicted octanol–water partition coefficient (Wildman–Crippen LogP) is 6.64. The van der Waals surface area contributed by atoms with E-state index in [2.05, 4.69) is 5.10 Å². The van der Waals surface area contributed by atoms with Gasteiger partial charge in [-0.25, -0.2) is 13.2 Å². The van der Waals surface area contributed by atoms with Crippen LogP contribution in [0.1, 0.15) is 55.4 Å². The zero-order valence-electron chi connectivity index (χ0n) is 24.4. The van der Waals surface area contributed by atoms with Gasteiger partial charge in [0.2, 0.25) is 0 Å². The van der Waals surface area contributed by atoms with Crippen molar-refractivity contribution in [2.45, 2.75) is 57.3 Å². The van der Waals surface area contributed by atoms with E-state index in [1.54, 1.807) is 26.0 Å². The van der Waals surface area contributed by atoms with Crippen LogP contribution in [-0.4, -0.2) is 40.2 Å². The van der Waals surface area contributed by atoms with E-state index in [4.69, 9.17) is 18.9 Å². The highest BCUT2D eigenvalue weighted by Gasteiger charge is 2.32. The van der Waals surface area contributed by atoms with E-state index >= 15 is 13.2 Å². The molecule has 1 N–H and O–H groups in total. The van der Waals surface area contributed by atoms with Crippen LogP contribution in [0.25, 0.3) is 11.1 Å². The number of halogens is 3. The molecule has 0 fully saturated rings. The molecule has 0 radical (unpaired) electrons. The van der Waals surface area contributed by atoms with Gasteiger partial charge in [-0.2, -0.15) is 5.10 Å². The van der Waals surface area contributed by atoms with Gasteiger partial charge in [-0.1, -0.05) is 6.07 Å². The fourth-order valence-electron chi connectivity index (χ4n) is 5.79. The summed E-state index contributed by atoms with van der Waals surface area (Å²) in [5, 5.41) is 14.1. The number of hydrogen-bond acceptors (Lipinski definition) is 7. The van der Waals surface area contributed by atoms with Crippen LogP contribution >= 0.6 is 0 Å². The maximum Gasteiger partial charge on any atom is 0.306 e. The van der Waals surface area contributed by atoms with Crippen molar-refractivity contribution < 1.29 is 42.0 Å². The fraction of sp³-hybridized carbons (Fsp3) is 0.333. The second kappa shape index (κ2) is 11.5. The molecule has 2 aliphatic rings. The molecule has 44 heavy (non-hydrogen) atoms. The number of carbonyl (C=O) groups is 1. The van der Waals surface area contributed by atoms with Crippen LogP contribution in [0, 0.1) is 17.5 Å². The Morgan fingerprint density at radius 2 is 1.86 bits per heavy atom. The summed E-state index contributed by atoms with van der Waals surface area (Å²) >= 11 is 0. The Balaban J connectivity index is 1.20. The Hall–Kier alpha value is -4.51. The maximum atomic E-state index is 15.2. The largest absolute Gasteiger partial charge is 0.492 e. The minimum atomic E-state index is -1.05. The van der Waals surface area contributed by atoms with Crippen molar-refractivity contribution in [1.29, 1.82) is 0 Å². The number of aromatic nitrogens is 2. The van der Waals surface area contributed by atoms with Crippen LogP contribution < -0.4 is 14.2 Å². The van der Waals surface area contributed by atoms with E-state index in [9.17, 15) is 9.90 Å². The lowest BCUT2D eigenvalue weighted by Crippen LogP contribution is -2.26. The van der Waals surface area contributed by atoms with Crippen molar-refractivity contribution in [3.63, 3.8) is 0 Å². The summed E-state index contributed by atoms with van der Waals surface area (Å²) in [7, 11) is 1.34. The van der Waals surface area contributed by atoms with Gasteiger partial charge in [-0.3, -0.25) is 9.48 Å². The molecular weight excluding hydrogens is 577 g/mol. The lowest BCUT2D eigenvalue weighted by atomic mass is 9.98. The van der Waals surface area contributed by atoms with E-state index in [1.165, 1.54) is 36.3 Å². The Morgan fingerprint density at radius 3 is 2.59 bits per heavy atom. The number of aliphatic hydroxyl groups is 1. The number of carbonyl (C=O) groups excluding carboxylic acids is 1. The van der Waals surface area contributed by atoms with Gasteiger partial charge >= 0.3 is 5.97 Å². The second-order valence-corrected chi connectivity index (χ2v) is 11.7. The molecule has 0 saturated heterocycles. The van der Waals surface area contributed by atoms with Crippen molar-refractivity contribution in [2.24, 2.45) is 0 Å². The summed E-state index contributed by atoms with van der Waals surface area (Å²) < 4.78 is 69.5. The number of hydrogen-bond donors (Lipinski definition) is 1. The molecule has 8 nitrogen and oxygen atoms in total. The molecule has 0 amide bonds. The molecule has 1 unspecified atom stereocenters. The zero-order valence-corrected chi connectivity index (χ0v) is 24.4. The van der Waals surface area contributed by atoms with E-state index in [1.807, 2.05) is 6.07 Å². The zero-order chi connectivity index (χ0) is 31.2. The number of fused-ring (bicyclic) bond motifs is 2. The third-order valence-electron chi connectivity index (χ3n) is 7.74. The van der Waals surface area contributed by atoms with Crippen molar-refractivity contribution >= 4 is 5.97 Å². The summed E-state index contributed by atoms with van der Waals surface area (Å²) in [6, 6.07) is 10.1. The molecule has 4 aromatic rings. The first kappa shape index (κ1) is 29.6. The van der Waals surface area contributed by atoms with Gasteiger partial charge < -0.3 is 24.1 Å². The Kier molecular flexibility index (Phi) is 7.75. The van der Waals surface area contributed by atoms with Crippen LogP contribution in [-0.2, 0) is 22.5 Å². The number of esters is 1. The Morgan fingerprint density at radius 1 is 1.09 bits per heavy atom. The summed E-state index contributed by atoms with van der Waals surface area (Å²) in [6.45, 7) is 3.71. The number of ether oxygens (including phenoxy) is 4. The molecule has 0 saturated carbocycles. The number of methoxy groups -OCH3 is 1. The van der Waals surface area contributed by atoms with Gasteiger partial charge in [0, 0.05) is 52.6 Å². The highest BCUT2D eigenvalue weighted by Crippen LogP contribution is 2.45. The Bertz CT molecular complexity index is 1710. The van der Waals surface area contributed by atoms with Gasteiger partial charge in [0.05, 0.1) is 44.0 Å². The van der Waals surface area contributed by atoms with Crippen LogP contribution in [0.2, 0.25) is 0 Å². The fourth-order valence-corrected chi connectivity index (χ4v) is 5.79. The van der Waals surface area contributed by atoms with E-state index in [0.29, 0.717) is 42.1 Å². The minimum absolute atomic E-state index is 0.0805. The average molecular weight is 609 g/mol. The van der Waals surface area contributed by atoms with Crippen LogP contribution in [0.5, 0.6) is 23.0 Å². The highest BCUT2D eigenvalue weighted by atomic mass is 19.1. The summed E-state index contributed by atoms with van der Waals surface area (Å²) in [6.07, 6.45) is 3.27. The van der Waals surface area contributed by atoms with Crippen molar-refractivity contribution in [3.05, 3.63) is 89.0 Å². The molecule has 1 aliphatic carbocycles. The molecule has 3 aromatic carbocycles. The predicted molar refractivity (Wildman–Crippen MR) is 153 cm³/mol. The molecular formula is C33H31F3N2O6. The van der Waals surface area contributed by atoms with Crippen LogP contribution in [0.15, 0.2) is 54.9 Å². The quantitative estimate of drug-likeness (QED) is 0.213. The molecule has 1 aliphatic heterocycles. The van der Waals surface area contributed by atoms with Crippen molar-refractivity contribution in [1.82, 2.24) is 9.78 Å². The van der Waals surface area contributed by atoms with Gasteiger partial charge in [0.15, 0.2) is 0 Å². The third-order valence-corrected chi connectivity index (χ3v) is 7.74. The standard InChI is InChI=1S/C33H31F3N2O6/c1-33(2,40)17-38-15-19(14-37-38)31-25(35)11-21(12-26(31)36)44-27-9-7-24(34)32-23(27)6-8-28(32)43-20-4-5-22-18(10-30(39)41-3)16-42-29(22)13-20/h4-5,7,9,11-15,18,28,40H,6,8,10,16-17H2,1-3H3/t18?,28-/m1/s1. The van der Waals surface area contributed by atoms with Gasteiger partial charge in [-0.05, 0) is 44.9 Å². The lowest BCUT2D eigenvalue weighted by molar-refractivity contribution is -0.141. The first-order valence-corrected chi connectivity index (χ1v) is 14.2. The molecule has 0 spiro atoms. The highest BCUT2D eigenvalue weighted by molar-refractivity contribution is 5.71. The molecule has 230 valence electrons. The van der Waals surface area contributed by atoms with Crippen molar-refractivity contribution in [2.75, 3.05) is 13.7 Å². The average Bonchev–Trinajstić information content (AvgIpc) is 3.69. The maximum absolute atomic E-state index is 15.2. The molecule has 6 rings (SSSR count). The van der Waals surface area contributed by atoms with Crippen LogP contribution in [0.4, 0.5) is 13.2 Å². The smallest absolute Gasteiger partial charge is 0.306 e. The summed E-state index contributed by atoms with van der Waals surface area (Å²) in [5.74, 6) is -1.33. The molecule has 11 heteroatoms. The van der Waals surface area contributed by atoms with Crippen molar-refractivity contribution in [3.8, 4) is 34.1 Å². The normalized spacial score (nSPS) is 17.2. The monoisotopic (exact) mass is 608 g/mol. The Labute approximate surface area is 251 Å². The minimum Gasteiger partial charge on any atom is -0.492 e. The lowest BCUT2D eigenvalue weighted by Gasteiger charge is -2.17. The summed E-state index contributed by atoms with van der Waals surface area (Å²) in [4.78, 5) is 11.7. The number of benzene rings is 3. The van der Waals surface area contributed by atoms with E-state index in [-0.39, 0.29) is 47.5 Å². The van der Waals surface area contributed by atoms with Crippen LogP contribution in [0.3, 0.4) is 0 Å². The number of nitrogens with zero attached hydrogens (tertiary/aromatic N) is 2. The first-order chi connectivity index (χ1) is 21.0. The number of rotatable bonds is 9. The third kappa shape index (κ3) is 5.96. The SMILES string of the molecule is COC(=O)CC1COc2cc(O[C@@H]3CCc4c(Oc5cc(F)c(-c6cnn(CC(C)(C)O)c6)c(F)c5)ccc(F)c43)ccc21. The topological polar surface area (TPSA) is 92.0 Å². The molecule has 1 aromatic heterocycles. The molecule has 2 heterocycles.